The topological polar surface area (TPSA) is 82.0 Å². The van der Waals surface area contributed by atoms with Crippen LogP contribution in [0.25, 0.3) is 0 Å². The lowest BCUT2D eigenvalue weighted by Crippen LogP contribution is -2.35. The van der Waals surface area contributed by atoms with E-state index in [0.717, 1.165) is 6.42 Å². The minimum Gasteiger partial charge on any atom is -0.315 e. The van der Waals surface area contributed by atoms with Crippen molar-refractivity contribution < 1.29 is 8.42 Å². The van der Waals surface area contributed by atoms with E-state index in [1.165, 1.54) is 7.05 Å². The lowest BCUT2D eigenvalue weighted by atomic mass is 9.88. The molecule has 94 valence electrons. The van der Waals surface area contributed by atoms with E-state index in [4.69, 9.17) is 5.26 Å². The quantitative estimate of drug-likeness (QED) is 0.610. The van der Waals surface area contributed by atoms with Gasteiger partial charge in [-0.1, -0.05) is 13.8 Å². The minimum absolute atomic E-state index is 0.0269. The second-order valence-corrected chi connectivity index (χ2v) is 6.57. The normalized spacial score (nSPS) is 12.4. The molecular formula is C10H21N3O2S. The van der Waals surface area contributed by atoms with Crippen LogP contribution in [0.5, 0.6) is 0 Å². The molecule has 0 aromatic rings. The summed E-state index contributed by atoms with van der Waals surface area (Å²) in [7, 11) is -1.71. The first-order valence-corrected chi connectivity index (χ1v) is 6.97. The second kappa shape index (κ2) is 6.84. The average Bonchev–Trinajstić information content (AvgIpc) is 2.22. The molecule has 0 amide bonds. The van der Waals surface area contributed by atoms with Crippen molar-refractivity contribution in [2.45, 2.75) is 26.7 Å². The summed E-state index contributed by atoms with van der Waals surface area (Å²) in [5.74, 6) is 0.0812. The summed E-state index contributed by atoms with van der Waals surface area (Å²) in [6, 6.07) is 2.11. The highest BCUT2D eigenvalue weighted by Gasteiger charge is 2.17. The van der Waals surface area contributed by atoms with E-state index in [0.29, 0.717) is 19.5 Å². The molecule has 0 bridgehead atoms. The van der Waals surface area contributed by atoms with Crippen LogP contribution in [-0.4, -0.2) is 34.3 Å². The van der Waals surface area contributed by atoms with Gasteiger partial charge in [-0.2, -0.15) is 5.26 Å². The highest BCUT2D eigenvalue weighted by molar-refractivity contribution is 7.89. The summed E-state index contributed by atoms with van der Waals surface area (Å²) in [6.45, 7) is 5.26. The predicted molar refractivity (Wildman–Crippen MR) is 64.3 cm³/mol. The SMILES string of the molecule is CNS(=O)(=O)CCNCC(C)(C)CCC#N. The summed E-state index contributed by atoms with van der Waals surface area (Å²) in [5.41, 5.74) is 0.0269. The summed E-state index contributed by atoms with van der Waals surface area (Å²) in [5, 5.41) is 11.6. The summed E-state index contributed by atoms with van der Waals surface area (Å²) < 4.78 is 24.5. The molecule has 0 aliphatic heterocycles. The summed E-state index contributed by atoms with van der Waals surface area (Å²) in [6.07, 6.45) is 1.35. The molecule has 0 aromatic heterocycles. The van der Waals surface area contributed by atoms with Crippen molar-refractivity contribution in [3.63, 3.8) is 0 Å². The molecule has 0 aliphatic carbocycles. The second-order valence-electron chi connectivity index (χ2n) is 4.52. The summed E-state index contributed by atoms with van der Waals surface area (Å²) in [4.78, 5) is 0. The van der Waals surface area contributed by atoms with E-state index in [9.17, 15) is 8.42 Å². The smallest absolute Gasteiger partial charge is 0.212 e. The summed E-state index contributed by atoms with van der Waals surface area (Å²) >= 11 is 0. The van der Waals surface area contributed by atoms with Gasteiger partial charge in [0, 0.05) is 19.5 Å². The van der Waals surface area contributed by atoms with Crippen LogP contribution >= 0.6 is 0 Å². The van der Waals surface area contributed by atoms with E-state index < -0.39 is 10.0 Å². The molecule has 0 aromatic carbocycles. The molecule has 0 fully saturated rings. The zero-order chi connectivity index (χ0) is 12.7. The number of nitriles is 1. The van der Waals surface area contributed by atoms with Crippen molar-refractivity contribution >= 4 is 10.0 Å². The Morgan fingerprint density at radius 2 is 2.00 bits per heavy atom. The van der Waals surface area contributed by atoms with Crippen LogP contribution in [0, 0.1) is 16.7 Å². The third-order valence-corrected chi connectivity index (χ3v) is 3.74. The standard InChI is InChI=1S/C10H21N3O2S/c1-10(2,5-4-6-11)9-13-7-8-16(14,15)12-3/h12-13H,4-5,7-9H2,1-3H3. The van der Waals surface area contributed by atoms with Crippen LogP contribution in [0.1, 0.15) is 26.7 Å². The first kappa shape index (κ1) is 15.4. The van der Waals surface area contributed by atoms with E-state index >= 15 is 0 Å². The molecule has 16 heavy (non-hydrogen) atoms. The Hall–Kier alpha value is -0.640. The molecule has 2 N–H and O–H groups in total. The van der Waals surface area contributed by atoms with E-state index in [-0.39, 0.29) is 11.2 Å². The maximum atomic E-state index is 11.1. The first-order chi connectivity index (χ1) is 7.33. The molecule has 0 aliphatic rings. The molecule has 0 saturated heterocycles. The minimum atomic E-state index is -3.12. The number of sulfonamides is 1. The third-order valence-electron chi connectivity index (χ3n) is 2.38. The Bertz CT molecular complexity index is 330. The largest absolute Gasteiger partial charge is 0.315 e. The van der Waals surface area contributed by atoms with Crippen molar-refractivity contribution in [3.8, 4) is 6.07 Å². The highest BCUT2D eigenvalue weighted by atomic mass is 32.2. The van der Waals surface area contributed by atoms with E-state index in [1.54, 1.807) is 0 Å². The lowest BCUT2D eigenvalue weighted by Gasteiger charge is -2.23. The van der Waals surface area contributed by atoms with Gasteiger partial charge in [-0.3, -0.25) is 0 Å². The highest BCUT2D eigenvalue weighted by Crippen LogP contribution is 2.20. The number of nitrogens with one attached hydrogen (secondary N) is 2. The molecule has 6 heteroatoms. The maximum Gasteiger partial charge on any atom is 0.212 e. The third kappa shape index (κ3) is 7.63. The molecule has 0 saturated carbocycles. The molecule has 0 spiro atoms. The van der Waals surface area contributed by atoms with Crippen molar-refractivity contribution in [2.24, 2.45) is 5.41 Å². The van der Waals surface area contributed by atoms with Gasteiger partial charge >= 0.3 is 0 Å². The molecule has 0 rings (SSSR count). The van der Waals surface area contributed by atoms with Crippen LogP contribution in [0.4, 0.5) is 0 Å². The van der Waals surface area contributed by atoms with Crippen molar-refractivity contribution in [1.82, 2.24) is 10.0 Å². The molecule has 0 unspecified atom stereocenters. The number of nitrogens with zero attached hydrogens (tertiary/aromatic N) is 1. The Balaban J connectivity index is 3.78. The number of hydrogen-bond donors (Lipinski definition) is 2. The Labute approximate surface area is 98.3 Å². The van der Waals surface area contributed by atoms with Gasteiger partial charge < -0.3 is 5.32 Å². The van der Waals surface area contributed by atoms with Crippen LogP contribution in [0.3, 0.4) is 0 Å². The van der Waals surface area contributed by atoms with Gasteiger partial charge in [-0.15, -0.1) is 0 Å². The average molecular weight is 247 g/mol. The zero-order valence-electron chi connectivity index (χ0n) is 10.2. The predicted octanol–water partition coefficient (Wildman–Crippen LogP) is 0.455. The zero-order valence-corrected chi connectivity index (χ0v) is 11.0. The molecule has 0 heterocycles. The van der Waals surface area contributed by atoms with Crippen molar-refractivity contribution in [2.75, 3.05) is 25.9 Å². The van der Waals surface area contributed by atoms with Gasteiger partial charge in [-0.05, 0) is 18.9 Å². The number of hydrogen-bond acceptors (Lipinski definition) is 4. The van der Waals surface area contributed by atoms with E-state index in [1.807, 2.05) is 0 Å². The van der Waals surface area contributed by atoms with Crippen molar-refractivity contribution in [3.05, 3.63) is 0 Å². The lowest BCUT2D eigenvalue weighted by molar-refractivity contribution is 0.321. The maximum absolute atomic E-state index is 11.1. The molecule has 0 radical (unpaired) electrons. The van der Waals surface area contributed by atoms with Crippen LogP contribution in [0.2, 0.25) is 0 Å². The van der Waals surface area contributed by atoms with Gasteiger partial charge in [0.15, 0.2) is 0 Å². The van der Waals surface area contributed by atoms with Crippen LogP contribution in [0.15, 0.2) is 0 Å². The fraction of sp³-hybridized carbons (Fsp3) is 0.900. The molecule has 0 atom stereocenters. The monoisotopic (exact) mass is 247 g/mol. The van der Waals surface area contributed by atoms with Crippen molar-refractivity contribution in [1.29, 1.82) is 5.26 Å². The molecular weight excluding hydrogens is 226 g/mol. The molecule has 5 nitrogen and oxygen atoms in total. The van der Waals surface area contributed by atoms with Gasteiger partial charge in [0.25, 0.3) is 0 Å². The van der Waals surface area contributed by atoms with Gasteiger partial charge in [0.1, 0.15) is 0 Å². The van der Waals surface area contributed by atoms with Crippen LogP contribution in [-0.2, 0) is 10.0 Å². The fourth-order valence-electron chi connectivity index (χ4n) is 1.22. The first-order valence-electron chi connectivity index (χ1n) is 5.32. The number of rotatable bonds is 8. The van der Waals surface area contributed by atoms with Gasteiger partial charge in [0.05, 0.1) is 11.8 Å². The Kier molecular flexibility index (Phi) is 6.56. The van der Waals surface area contributed by atoms with E-state index in [2.05, 4.69) is 30.0 Å². The van der Waals surface area contributed by atoms with Crippen LogP contribution < -0.4 is 10.0 Å². The Morgan fingerprint density at radius 1 is 1.38 bits per heavy atom. The fourth-order valence-corrected chi connectivity index (χ4v) is 1.84. The Morgan fingerprint density at radius 3 is 2.50 bits per heavy atom. The van der Waals surface area contributed by atoms with Gasteiger partial charge in [-0.25, -0.2) is 13.1 Å². The van der Waals surface area contributed by atoms with Gasteiger partial charge in [0.2, 0.25) is 10.0 Å².